The zero-order valence-electron chi connectivity index (χ0n) is 11.5. The van der Waals surface area contributed by atoms with Gasteiger partial charge in [0.25, 0.3) is 0 Å². The van der Waals surface area contributed by atoms with E-state index in [-0.39, 0.29) is 0 Å². The van der Waals surface area contributed by atoms with Crippen LogP contribution in [-0.2, 0) is 12.3 Å². The Morgan fingerprint density at radius 1 is 1.23 bits per heavy atom. The molecule has 0 saturated heterocycles. The summed E-state index contributed by atoms with van der Waals surface area (Å²) in [5, 5.41) is 21.2. The average Bonchev–Trinajstić information content (AvgIpc) is 3.22. The van der Waals surface area contributed by atoms with Crippen LogP contribution in [0.4, 0.5) is 5.13 Å². The number of aromatic nitrogens is 2. The molecule has 0 amide bonds. The van der Waals surface area contributed by atoms with Crippen molar-refractivity contribution in [3.05, 3.63) is 59.5 Å². The summed E-state index contributed by atoms with van der Waals surface area (Å²) in [5.41, 5.74) is 1.71. The van der Waals surface area contributed by atoms with Crippen molar-refractivity contribution in [1.82, 2.24) is 10.2 Å². The molecular weight excluding hydrogens is 316 g/mol. The highest BCUT2D eigenvalue weighted by atomic mass is 32.2. The summed E-state index contributed by atoms with van der Waals surface area (Å²) in [4.78, 5) is 0. The lowest BCUT2D eigenvalue weighted by molar-refractivity contribution is 0.518. The van der Waals surface area contributed by atoms with Crippen LogP contribution in [0, 0.1) is 11.3 Å². The predicted octanol–water partition coefficient (Wildman–Crippen LogP) is 3.91. The summed E-state index contributed by atoms with van der Waals surface area (Å²) in [6.07, 6.45) is 1.64. The summed E-state index contributed by atoms with van der Waals surface area (Å²) in [6, 6.07) is 13.6. The van der Waals surface area contributed by atoms with Gasteiger partial charge >= 0.3 is 0 Å². The fraction of sp³-hybridized carbons (Fsp3) is 0.133. The van der Waals surface area contributed by atoms with Crippen LogP contribution in [0.15, 0.2) is 51.4 Å². The Balaban J connectivity index is 1.56. The Labute approximate surface area is 136 Å². The highest BCUT2D eigenvalue weighted by Crippen LogP contribution is 2.29. The quantitative estimate of drug-likeness (QED) is 0.692. The molecule has 110 valence electrons. The number of nitrogens with zero attached hydrogens (tertiary/aromatic N) is 3. The second-order valence-electron chi connectivity index (χ2n) is 4.36. The van der Waals surface area contributed by atoms with Crippen LogP contribution < -0.4 is 5.32 Å². The lowest BCUT2D eigenvalue weighted by Gasteiger charge is -2.00. The molecular formula is C15H12N4OS2. The summed E-state index contributed by atoms with van der Waals surface area (Å²) in [5.74, 6) is 1.56. The summed E-state index contributed by atoms with van der Waals surface area (Å²) >= 11 is 3.07. The largest absolute Gasteiger partial charge is 0.467 e. The van der Waals surface area contributed by atoms with E-state index in [1.54, 1.807) is 18.0 Å². The van der Waals surface area contributed by atoms with Crippen molar-refractivity contribution in [3.63, 3.8) is 0 Å². The van der Waals surface area contributed by atoms with Gasteiger partial charge in [0, 0.05) is 5.75 Å². The molecule has 0 radical (unpaired) electrons. The molecule has 0 aliphatic carbocycles. The maximum Gasteiger partial charge on any atom is 0.206 e. The molecule has 3 rings (SSSR count). The molecule has 0 saturated carbocycles. The third-order valence-electron chi connectivity index (χ3n) is 2.89. The maximum atomic E-state index is 9.08. The van der Waals surface area contributed by atoms with Crippen molar-refractivity contribution < 1.29 is 4.42 Å². The molecule has 22 heavy (non-hydrogen) atoms. The molecule has 0 fully saturated rings. The van der Waals surface area contributed by atoms with Crippen LogP contribution in [0.25, 0.3) is 0 Å². The van der Waals surface area contributed by atoms with E-state index in [2.05, 4.69) is 21.6 Å². The van der Waals surface area contributed by atoms with Crippen LogP contribution >= 0.6 is 23.1 Å². The van der Waals surface area contributed by atoms with Gasteiger partial charge < -0.3 is 9.73 Å². The van der Waals surface area contributed by atoms with Crippen LogP contribution in [0.5, 0.6) is 0 Å². The monoisotopic (exact) mass is 328 g/mol. The smallest absolute Gasteiger partial charge is 0.206 e. The molecule has 2 aromatic heterocycles. The van der Waals surface area contributed by atoms with Crippen LogP contribution in [-0.4, -0.2) is 10.2 Å². The molecule has 1 N–H and O–H groups in total. The number of hydrogen-bond donors (Lipinski definition) is 1. The molecule has 0 atom stereocenters. The van der Waals surface area contributed by atoms with Crippen molar-refractivity contribution in [2.24, 2.45) is 0 Å². The van der Waals surface area contributed by atoms with E-state index in [4.69, 9.17) is 9.68 Å². The minimum atomic E-state index is 0.587. The lowest BCUT2D eigenvalue weighted by Crippen LogP contribution is -1.96. The molecule has 2 heterocycles. The first kappa shape index (κ1) is 14.6. The van der Waals surface area contributed by atoms with Crippen LogP contribution in [0.2, 0.25) is 0 Å². The molecule has 7 heteroatoms. The Hall–Kier alpha value is -2.30. The van der Waals surface area contributed by atoms with Gasteiger partial charge in [-0.3, -0.25) is 0 Å². The second kappa shape index (κ2) is 7.11. The number of rotatable bonds is 6. The van der Waals surface area contributed by atoms with Crippen molar-refractivity contribution in [2.75, 3.05) is 5.32 Å². The zero-order valence-corrected chi connectivity index (χ0v) is 13.2. The highest BCUT2D eigenvalue weighted by molar-refractivity contribution is 8.00. The van der Waals surface area contributed by atoms with Crippen LogP contribution in [0.1, 0.15) is 16.9 Å². The first-order valence-electron chi connectivity index (χ1n) is 6.56. The third kappa shape index (κ3) is 3.67. The standard InChI is InChI=1S/C15H12N4OS2/c16-8-11-4-1-2-5-12(11)10-21-15-19-18-14(22-15)17-9-13-6-3-7-20-13/h1-7H,9-10H2,(H,17,18). The lowest BCUT2D eigenvalue weighted by atomic mass is 10.1. The summed E-state index contributed by atoms with van der Waals surface area (Å²) < 4.78 is 6.12. The van der Waals surface area contributed by atoms with Gasteiger partial charge in [-0.05, 0) is 23.8 Å². The van der Waals surface area contributed by atoms with Gasteiger partial charge in [-0.1, -0.05) is 41.3 Å². The zero-order chi connectivity index (χ0) is 15.2. The van der Waals surface area contributed by atoms with Crippen molar-refractivity contribution in [2.45, 2.75) is 16.6 Å². The summed E-state index contributed by atoms with van der Waals surface area (Å²) in [6.45, 7) is 0.587. The van der Waals surface area contributed by atoms with E-state index in [9.17, 15) is 0 Å². The van der Waals surface area contributed by atoms with Crippen LogP contribution in [0.3, 0.4) is 0 Å². The van der Waals surface area contributed by atoms with E-state index >= 15 is 0 Å². The number of hydrogen-bond acceptors (Lipinski definition) is 7. The van der Waals surface area contributed by atoms with E-state index in [0.717, 1.165) is 20.8 Å². The number of nitriles is 1. The fourth-order valence-corrected chi connectivity index (χ4v) is 3.56. The molecule has 0 aliphatic rings. The molecule has 0 unspecified atom stereocenters. The van der Waals surface area contributed by atoms with Gasteiger partial charge in [-0.25, -0.2) is 0 Å². The van der Waals surface area contributed by atoms with Crippen molar-refractivity contribution in [1.29, 1.82) is 5.26 Å². The van der Waals surface area contributed by atoms with Gasteiger partial charge in [-0.2, -0.15) is 5.26 Å². The minimum Gasteiger partial charge on any atom is -0.467 e. The van der Waals surface area contributed by atoms with E-state index in [1.165, 1.54) is 11.3 Å². The van der Waals surface area contributed by atoms with E-state index < -0.39 is 0 Å². The average molecular weight is 328 g/mol. The molecule has 5 nitrogen and oxygen atoms in total. The Kier molecular flexibility index (Phi) is 4.73. The number of anilines is 1. The number of thioether (sulfide) groups is 1. The Morgan fingerprint density at radius 3 is 2.95 bits per heavy atom. The summed E-state index contributed by atoms with van der Waals surface area (Å²) in [7, 11) is 0. The van der Waals surface area contributed by atoms with Crippen molar-refractivity contribution in [3.8, 4) is 6.07 Å². The number of nitrogens with one attached hydrogen (secondary N) is 1. The Bertz CT molecular complexity index is 777. The normalized spacial score (nSPS) is 10.3. The van der Waals surface area contributed by atoms with Gasteiger partial charge in [0.1, 0.15) is 5.76 Å². The first-order chi connectivity index (χ1) is 10.8. The van der Waals surface area contributed by atoms with Gasteiger partial charge in [0.05, 0.1) is 24.4 Å². The second-order valence-corrected chi connectivity index (χ2v) is 6.56. The van der Waals surface area contributed by atoms with E-state index in [1.807, 2.05) is 36.4 Å². The van der Waals surface area contributed by atoms with E-state index in [0.29, 0.717) is 17.9 Å². The molecule has 0 spiro atoms. The number of benzene rings is 1. The van der Waals surface area contributed by atoms with Crippen molar-refractivity contribution >= 4 is 28.2 Å². The maximum absolute atomic E-state index is 9.08. The molecule has 0 aliphatic heterocycles. The Morgan fingerprint density at radius 2 is 2.14 bits per heavy atom. The molecule has 3 aromatic rings. The molecule has 1 aromatic carbocycles. The third-order valence-corrected chi connectivity index (χ3v) is 4.95. The molecule has 0 bridgehead atoms. The first-order valence-corrected chi connectivity index (χ1v) is 8.36. The SMILES string of the molecule is N#Cc1ccccc1CSc1nnc(NCc2ccco2)s1. The van der Waals surface area contributed by atoms with Gasteiger partial charge in [0.2, 0.25) is 5.13 Å². The predicted molar refractivity (Wildman–Crippen MR) is 86.7 cm³/mol. The fourth-order valence-electron chi connectivity index (χ4n) is 1.81. The van der Waals surface area contributed by atoms with Gasteiger partial charge in [-0.15, -0.1) is 10.2 Å². The minimum absolute atomic E-state index is 0.587. The number of furan rings is 1. The van der Waals surface area contributed by atoms with Gasteiger partial charge in [0.15, 0.2) is 4.34 Å². The highest BCUT2D eigenvalue weighted by Gasteiger charge is 2.07. The topological polar surface area (TPSA) is 74.7 Å².